The Morgan fingerprint density at radius 3 is 2.48 bits per heavy atom. The van der Waals surface area contributed by atoms with E-state index in [0.717, 1.165) is 18.5 Å². The van der Waals surface area contributed by atoms with Crippen molar-refractivity contribution in [3.05, 3.63) is 69.6 Å². The van der Waals surface area contributed by atoms with Crippen molar-refractivity contribution in [2.24, 2.45) is 0 Å². The van der Waals surface area contributed by atoms with Gasteiger partial charge in [0.25, 0.3) is 5.91 Å². The number of urea groups is 1. The highest BCUT2D eigenvalue weighted by Crippen LogP contribution is 2.34. The molecule has 29 heavy (non-hydrogen) atoms. The molecule has 0 radical (unpaired) electrons. The maximum atomic E-state index is 12.7. The first-order valence-electron chi connectivity index (χ1n) is 9.13. The summed E-state index contributed by atoms with van der Waals surface area (Å²) in [5, 5.41) is 15.4. The average Bonchev–Trinajstić information content (AvgIpc) is 3.40. The zero-order chi connectivity index (χ0) is 20.2. The molecule has 1 saturated heterocycles. The molecule has 0 bridgehead atoms. The van der Waals surface area contributed by atoms with Crippen LogP contribution in [0.25, 0.3) is 0 Å². The number of rotatable bonds is 4. The molecule has 1 unspecified atom stereocenters. The topological polar surface area (TPSA) is 87.2 Å². The van der Waals surface area contributed by atoms with Crippen LogP contribution in [-0.2, 0) is 0 Å². The van der Waals surface area contributed by atoms with Gasteiger partial charge >= 0.3 is 6.03 Å². The molecule has 2 heterocycles. The first kappa shape index (κ1) is 19.4. The van der Waals surface area contributed by atoms with E-state index < -0.39 is 0 Å². The molecule has 1 aliphatic heterocycles. The van der Waals surface area contributed by atoms with Crippen LogP contribution in [0.5, 0.6) is 0 Å². The van der Waals surface area contributed by atoms with Crippen LogP contribution in [0.3, 0.4) is 0 Å². The maximum Gasteiger partial charge on any atom is 0.322 e. The monoisotopic (exact) mass is 427 g/mol. The molecule has 0 aliphatic carbocycles. The summed E-state index contributed by atoms with van der Waals surface area (Å²) in [5.41, 5.74) is 1.37. The van der Waals surface area contributed by atoms with Crippen LogP contribution < -0.4 is 10.6 Å². The van der Waals surface area contributed by atoms with E-state index in [2.05, 4.69) is 20.8 Å². The van der Waals surface area contributed by atoms with E-state index in [0.29, 0.717) is 22.3 Å². The summed E-state index contributed by atoms with van der Waals surface area (Å²) in [6.45, 7) is 0.634. The number of benzene rings is 2. The van der Waals surface area contributed by atoms with Gasteiger partial charge in [0.1, 0.15) is 5.01 Å². The Morgan fingerprint density at radius 2 is 1.72 bits per heavy atom. The van der Waals surface area contributed by atoms with Gasteiger partial charge in [-0.05, 0) is 49.2 Å². The molecule has 2 N–H and O–H groups in total. The summed E-state index contributed by atoms with van der Waals surface area (Å²) in [7, 11) is 0. The third-order valence-electron chi connectivity index (χ3n) is 4.56. The van der Waals surface area contributed by atoms with Crippen LogP contribution in [0.2, 0.25) is 5.02 Å². The molecule has 9 heteroatoms. The minimum atomic E-state index is -0.339. The third-order valence-corrected chi connectivity index (χ3v) is 5.84. The zero-order valence-electron chi connectivity index (χ0n) is 15.3. The van der Waals surface area contributed by atoms with E-state index in [1.165, 1.54) is 11.3 Å². The second kappa shape index (κ2) is 8.59. The molecular formula is C20H18ClN5O2S. The first-order chi connectivity index (χ1) is 14.1. The molecule has 7 nitrogen and oxygen atoms in total. The zero-order valence-corrected chi connectivity index (χ0v) is 16.9. The van der Waals surface area contributed by atoms with Gasteiger partial charge in [-0.2, -0.15) is 0 Å². The van der Waals surface area contributed by atoms with Crippen LogP contribution in [-0.4, -0.2) is 33.6 Å². The van der Waals surface area contributed by atoms with Crippen molar-refractivity contribution in [1.29, 1.82) is 0 Å². The predicted molar refractivity (Wildman–Crippen MR) is 113 cm³/mol. The quantitative estimate of drug-likeness (QED) is 0.625. The van der Waals surface area contributed by atoms with Gasteiger partial charge in [0.05, 0.1) is 6.04 Å². The van der Waals surface area contributed by atoms with Crippen LogP contribution in [0.15, 0.2) is 54.6 Å². The molecule has 1 fully saturated rings. The number of hydrogen-bond donors (Lipinski definition) is 2. The highest BCUT2D eigenvalue weighted by Gasteiger charge is 2.33. The first-order valence-corrected chi connectivity index (χ1v) is 10.3. The Hall–Kier alpha value is -2.97. The second-order valence-electron chi connectivity index (χ2n) is 6.55. The lowest BCUT2D eigenvalue weighted by molar-refractivity contribution is 0.102. The number of carbonyl (C=O) groups excluding carboxylic acids is 2. The Morgan fingerprint density at radius 1 is 1.00 bits per heavy atom. The van der Waals surface area contributed by atoms with Gasteiger partial charge in [-0.1, -0.05) is 41.1 Å². The summed E-state index contributed by atoms with van der Waals surface area (Å²) >= 11 is 7.07. The number of para-hydroxylation sites is 1. The Balaban J connectivity index is 1.44. The van der Waals surface area contributed by atoms with E-state index in [4.69, 9.17) is 11.6 Å². The number of nitrogens with one attached hydrogen (secondary N) is 2. The fourth-order valence-electron chi connectivity index (χ4n) is 3.16. The van der Waals surface area contributed by atoms with E-state index in [-0.39, 0.29) is 23.0 Å². The summed E-state index contributed by atoms with van der Waals surface area (Å²) in [4.78, 5) is 26.9. The smallest absolute Gasteiger partial charge is 0.320 e. The van der Waals surface area contributed by atoms with Crippen molar-refractivity contribution in [3.63, 3.8) is 0 Å². The Labute approximate surface area is 176 Å². The summed E-state index contributed by atoms with van der Waals surface area (Å²) in [6.07, 6.45) is 1.66. The van der Waals surface area contributed by atoms with E-state index >= 15 is 0 Å². The van der Waals surface area contributed by atoms with Crippen molar-refractivity contribution in [2.45, 2.75) is 18.9 Å². The lowest BCUT2D eigenvalue weighted by Crippen LogP contribution is -2.34. The van der Waals surface area contributed by atoms with Crippen molar-refractivity contribution in [1.82, 2.24) is 15.1 Å². The van der Waals surface area contributed by atoms with E-state index in [1.807, 2.05) is 30.3 Å². The highest BCUT2D eigenvalue weighted by molar-refractivity contribution is 7.13. The lowest BCUT2D eigenvalue weighted by atomic mass is 10.2. The minimum absolute atomic E-state index is 0.180. The number of carbonyl (C=O) groups is 2. The van der Waals surface area contributed by atoms with Crippen LogP contribution in [0.4, 0.5) is 16.2 Å². The fraction of sp³-hybridized carbons (Fsp3) is 0.200. The number of anilines is 2. The SMILES string of the molecule is O=C(Nc1ccc(Cl)cc1)c1nnc(C2CCCN2C(=O)Nc2ccccc2)s1. The van der Waals surface area contributed by atoms with Crippen LogP contribution in [0, 0.1) is 0 Å². The Bertz CT molecular complexity index is 1010. The number of aromatic nitrogens is 2. The van der Waals surface area contributed by atoms with Crippen molar-refractivity contribution >= 4 is 46.3 Å². The average molecular weight is 428 g/mol. The summed E-state index contributed by atoms with van der Waals surface area (Å²) in [6, 6.07) is 15.8. The summed E-state index contributed by atoms with van der Waals surface area (Å²) in [5.74, 6) is -0.339. The number of halogens is 1. The molecule has 0 saturated carbocycles. The number of hydrogen-bond acceptors (Lipinski definition) is 5. The number of amides is 3. The molecule has 4 rings (SSSR count). The van der Waals surface area contributed by atoms with Gasteiger partial charge in [0.2, 0.25) is 5.01 Å². The highest BCUT2D eigenvalue weighted by atomic mass is 35.5. The van der Waals surface area contributed by atoms with Gasteiger partial charge in [-0.3, -0.25) is 4.79 Å². The van der Waals surface area contributed by atoms with Gasteiger partial charge < -0.3 is 15.5 Å². The van der Waals surface area contributed by atoms with Gasteiger partial charge in [0, 0.05) is 22.9 Å². The normalized spacial score (nSPS) is 15.9. The molecule has 3 amide bonds. The van der Waals surface area contributed by atoms with Crippen molar-refractivity contribution < 1.29 is 9.59 Å². The number of likely N-dealkylation sites (tertiary alicyclic amines) is 1. The molecule has 1 aromatic heterocycles. The van der Waals surface area contributed by atoms with Crippen molar-refractivity contribution in [3.8, 4) is 0 Å². The Kier molecular flexibility index (Phi) is 5.73. The third kappa shape index (κ3) is 4.55. The van der Waals surface area contributed by atoms with E-state index in [1.54, 1.807) is 29.2 Å². The molecule has 1 aliphatic rings. The maximum absolute atomic E-state index is 12.7. The molecule has 148 valence electrons. The van der Waals surface area contributed by atoms with E-state index in [9.17, 15) is 9.59 Å². The molecule has 3 aromatic rings. The van der Waals surface area contributed by atoms with Gasteiger partial charge in [-0.15, -0.1) is 10.2 Å². The second-order valence-corrected chi connectivity index (χ2v) is 8.00. The lowest BCUT2D eigenvalue weighted by Gasteiger charge is -2.23. The van der Waals surface area contributed by atoms with Gasteiger partial charge in [-0.25, -0.2) is 4.79 Å². The molecule has 0 spiro atoms. The molecule has 2 aromatic carbocycles. The van der Waals surface area contributed by atoms with Crippen molar-refractivity contribution in [2.75, 3.05) is 17.2 Å². The molecule has 1 atom stereocenters. The van der Waals surface area contributed by atoms with Crippen LogP contribution in [0.1, 0.15) is 33.7 Å². The summed E-state index contributed by atoms with van der Waals surface area (Å²) < 4.78 is 0. The fourth-order valence-corrected chi connectivity index (χ4v) is 4.17. The number of nitrogens with zero attached hydrogens (tertiary/aromatic N) is 3. The predicted octanol–water partition coefficient (Wildman–Crippen LogP) is 4.81. The largest absolute Gasteiger partial charge is 0.322 e. The van der Waals surface area contributed by atoms with Crippen LogP contribution >= 0.6 is 22.9 Å². The standard InChI is InChI=1S/C20H18ClN5O2S/c21-13-8-10-15(11-9-13)22-17(27)19-25-24-18(29-19)16-7-4-12-26(16)20(28)23-14-5-2-1-3-6-14/h1-3,5-6,8-11,16H,4,7,12H2,(H,22,27)(H,23,28). The molecular weight excluding hydrogens is 410 g/mol. The van der Waals surface area contributed by atoms with Gasteiger partial charge in [0.15, 0.2) is 0 Å². The minimum Gasteiger partial charge on any atom is -0.320 e.